The van der Waals surface area contributed by atoms with E-state index in [2.05, 4.69) is 12.1 Å². The molecule has 0 aliphatic heterocycles. The molecule has 2 atom stereocenters. The maximum absolute atomic E-state index is 9.74. The number of aryl methyl sites for hydroxylation is 1. The zero-order valence-corrected chi connectivity index (χ0v) is 8.84. The Balaban J connectivity index is 1.77. The number of rotatable bonds is 5. The molecule has 0 heterocycles. The SMILES string of the molecule is OC(CCc1ccccc1)C(O)C1CC1. The zero-order chi connectivity index (χ0) is 10.7. The van der Waals surface area contributed by atoms with Gasteiger partial charge in [-0.05, 0) is 37.2 Å². The molecule has 2 nitrogen and oxygen atoms in total. The van der Waals surface area contributed by atoms with Gasteiger partial charge in [0.1, 0.15) is 0 Å². The van der Waals surface area contributed by atoms with E-state index in [0.29, 0.717) is 12.3 Å². The first-order valence-corrected chi connectivity index (χ1v) is 5.67. The van der Waals surface area contributed by atoms with Crippen molar-refractivity contribution >= 4 is 0 Å². The van der Waals surface area contributed by atoms with E-state index in [4.69, 9.17) is 0 Å². The van der Waals surface area contributed by atoms with Crippen LogP contribution in [0.25, 0.3) is 0 Å². The Kier molecular flexibility index (Phi) is 3.39. The minimum Gasteiger partial charge on any atom is -0.390 e. The van der Waals surface area contributed by atoms with Gasteiger partial charge in [0.05, 0.1) is 12.2 Å². The van der Waals surface area contributed by atoms with Crippen molar-refractivity contribution in [2.24, 2.45) is 5.92 Å². The quantitative estimate of drug-likeness (QED) is 0.770. The minimum absolute atomic E-state index is 0.357. The van der Waals surface area contributed by atoms with Crippen LogP contribution in [0.1, 0.15) is 24.8 Å². The molecule has 0 spiro atoms. The molecular weight excluding hydrogens is 188 g/mol. The molecule has 82 valence electrons. The summed E-state index contributed by atoms with van der Waals surface area (Å²) in [5.41, 5.74) is 1.22. The van der Waals surface area contributed by atoms with Crippen molar-refractivity contribution in [1.82, 2.24) is 0 Å². The summed E-state index contributed by atoms with van der Waals surface area (Å²) in [5, 5.41) is 19.4. The Morgan fingerprint density at radius 2 is 1.80 bits per heavy atom. The highest BCUT2D eigenvalue weighted by Gasteiger charge is 2.33. The van der Waals surface area contributed by atoms with E-state index in [1.54, 1.807) is 0 Å². The summed E-state index contributed by atoms with van der Waals surface area (Å²) in [6.45, 7) is 0. The average Bonchev–Trinajstić information content (AvgIpc) is 3.10. The molecule has 1 aromatic rings. The van der Waals surface area contributed by atoms with E-state index in [1.807, 2.05) is 18.2 Å². The molecule has 1 aromatic carbocycles. The Morgan fingerprint density at radius 3 is 2.40 bits per heavy atom. The normalized spacial score (nSPS) is 19.9. The molecule has 1 aliphatic rings. The lowest BCUT2D eigenvalue weighted by Crippen LogP contribution is -2.28. The number of aliphatic hydroxyl groups excluding tert-OH is 2. The highest BCUT2D eigenvalue weighted by molar-refractivity contribution is 5.14. The predicted molar refractivity (Wildman–Crippen MR) is 59.5 cm³/mol. The lowest BCUT2D eigenvalue weighted by atomic mass is 10.0. The first kappa shape index (κ1) is 10.7. The maximum atomic E-state index is 9.74. The van der Waals surface area contributed by atoms with Crippen molar-refractivity contribution in [3.63, 3.8) is 0 Å². The number of aliphatic hydroxyl groups is 2. The van der Waals surface area contributed by atoms with Crippen molar-refractivity contribution < 1.29 is 10.2 Å². The number of hydrogen-bond acceptors (Lipinski definition) is 2. The molecular formula is C13H18O2. The van der Waals surface area contributed by atoms with Crippen LogP contribution < -0.4 is 0 Å². The van der Waals surface area contributed by atoms with Gasteiger partial charge in [-0.3, -0.25) is 0 Å². The molecule has 1 aliphatic carbocycles. The molecule has 2 heteroatoms. The van der Waals surface area contributed by atoms with Gasteiger partial charge < -0.3 is 10.2 Å². The Morgan fingerprint density at radius 1 is 1.13 bits per heavy atom. The largest absolute Gasteiger partial charge is 0.390 e. The third kappa shape index (κ3) is 3.05. The summed E-state index contributed by atoms with van der Waals surface area (Å²) in [7, 11) is 0. The molecule has 0 bridgehead atoms. The van der Waals surface area contributed by atoms with Gasteiger partial charge in [0, 0.05) is 0 Å². The van der Waals surface area contributed by atoms with Crippen LogP contribution in [0.3, 0.4) is 0 Å². The van der Waals surface area contributed by atoms with E-state index in [1.165, 1.54) is 5.56 Å². The second-order valence-electron chi connectivity index (χ2n) is 4.42. The molecule has 2 rings (SSSR count). The van der Waals surface area contributed by atoms with E-state index in [0.717, 1.165) is 19.3 Å². The summed E-state index contributed by atoms with van der Waals surface area (Å²) < 4.78 is 0. The summed E-state index contributed by atoms with van der Waals surface area (Å²) in [6, 6.07) is 10.1. The van der Waals surface area contributed by atoms with Crippen LogP contribution in [0.4, 0.5) is 0 Å². The summed E-state index contributed by atoms with van der Waals surface area (Å²) in [4.78, 5) is 0. The van der Waals surface area contributed by atoms with E-state index in [-0.39, 0.29) is 0 Å². The standard InChI is InChI=1S/C13H18O2/c14-12(13(15)11-7-8-11)9-6-10-4-2-1-3-5-10/h1-5,11-15H,6-9H2. The molecule has 0 radical (unpaired) electrons. The van der Waals surface area contributed by atoms with Crippen molar-refractivity contribution in [2.45, 2.75) is 37.9 Å². The summed E-state index contributed by atoms with van der Waals surface area (Å²) in [5.74, 6) is 0.357. The van der Waals surface area contributed by atoms with Gasteiger partial charge in [-0.2, -0.15) is 0 Å². The highest BCUT2D eigenvalue weighted by atomic mass is 16.3. The lowest BCUT2D eigenvalue weighted by Gasteiger charge is -2.16. The van der Waals surface area contributed by atoms with Gasteiger partial charge in [0.25, 0.3) is 0 Å². The Labute approximate surface area is 90.6 Å². The van der Waals surface area contributed by atoms with E-state index >= 15 is 0 Å². The molecule has 1 fully saturated rings. The van der Waals surface area contributed by atoms with Crippen LogP contribution >= 0.6 is 0 Å². The van der Waals surface area contributed by atoms with Crippen LogP contribution in [0, 0.1) is 5.92 Å². The highest BCUT2D eigenvalue weighted by Crippen LogP contribution is 2.34. The predicted octanol–water partition coefficient (Wildman–Crippen LogP) is 1.75. The second-order valence-corrected chi connectivity index (χ2v) is 4.42. The topological polar surface area (TPSA) is 40.5 Å². The molecule has 0 aromatic heterocycles. The first-order valence-electron chi connectivity index (χ1n) is 5.67. The van der Waals surface area contributed by atoms with Gasteiger partial charge in [0.2, 0.25) is 0 Å². The third-order valence-electron chi connectivity index (χ3n) is 3.07. The average molecular weight is 206 g/mol. The number of hydrogen-bond donors (Lipinski definition) is 2. The van der Waals surface area contributed by atoms with Gasteiger partial charge >= 0.3 is 0 Å². The van der Waals surface area contributed by atoms with Crippen LogP contribution in [-0.4, -0.2) is 22.4 Å². The Hall–Kier alpha value is -0.860. The summed E-state index contributed by atoms with van der Waals surface area (Å²) >= 11 is 0. The minimum atomic E-state index is -0.558. The smallest absolute Gasteiger partial charge is 0.0827 e. The molecule has 0 saturated heterocycles. The fourth-order valence-electron chi connectivity index (χ4n) is 1.88. The van der Waals surface area contributed by atoms with Gasteiger partial charge in [-0.15, -0.1) is 0 Å². The van der Waals surface area contributed by atoms with Gasteiger partial charge in [0.15, 0.2) is 0 Å². The molecule has 2 N–H and O–H groups in total. The molecule has 2 unspecified atom stereocenters. The fraction of sp³-hybridized carbons (Fsp3) is 0.538. The van der Waals surface area contributed by atoms with Crippen LogP contribution in [0.2, 0.25) is 0 Å². The molecule has 1 saturated carbocycles. The van der Waals surface area contributed by atoms with Crippen molar-refractivity contribution in [1.29, 1.82) is 0 Å². The van der Waals surface area contributed by atoms with Crippen LogP contribution in [0.5, 0.6) is 0 Å². The summed E-state index contributed by atoms with van der Waals surface area (Å²) in [6.07, 6.45) is 2.58. The van der Waals surface area contributed by atoms with E-state index in [9.17, 15) is 10.2 Å². The van der Waals surface area contributed by atoms with Gasteiger partial charge in [-0.25, -0.2) is 0 Å². The van der Waals surface area contributed by atoms with E-state index < -0.39 is 12.2 Å². The van der Waals surface area contributed by atoms with Crippen LogP contribution in [0.15, 0.2) is 30.3 Å². The third-order valence-corrected chi connectivity index (χ3v) is 3.07. The van der Waals surface area contributed by atoms with Crippen molar-refractivity contribution in [3.8, 4) is 0 Å². The monoisotopic (exact) mass is 206 g/mol. The van der Waals surface area contributed by atoms with Crippen molar-refractivity contribution in [3.05, 3.63) is 35.9 Å². The molecule has 15 heavy (non-hydrogen) atoms. The first-order chi connectivity index (χ1) is 7.27. The molecule has 0 amide bonds. The van der Waals surface area contributed by atoms with Crippen LogP contribution in [-0.2, 0) is 6.42 Å². The lowest BCUT2D eigenvalue weighted by molar-refractivity contribution is 0.00188. The number of benzene rings is 1. The van der Waals surface area contributed by atoms with Crippen molar-refractivity contribution in [2.75, 3.05) is 0 Å². The second kappa shape index (κ2) is 4.77. The zero-order valence-electron chi connectivity index (χ0n) is 8.84. The van der Waals surface area contributed by atoms with Gasteiger partial charge in [-0.1, -0.05) is 30.3 Å². The Bertz CT molecular complexity index is 293. The maximum Gasteiger partial charge on any atom is 0.0827 e. The fourth-order valence-corrected chi connectivity index (χ4v) is 1.88.